The van der Waals surface area contributed by atoms with Gasteiger partial charge in [-0.05, 0) is 43.9 Å². The summed E-state index contributed by atoms with van der Waals surface area (Å²) in [6.45, 7) is 4.38. The molecule has 114 valence electrons. The van der Waals surface area contributed by atoms with E-state index < -0.39 is 18.0 Å². The Kier molecular flexibility index (Phi) is 4.96. The van der Waals surface area contributed by atoms with Gasteiger partial charge >= 0.3 is 0 Å². The van der Waals surface area contributed by atoms with Crippen LogP contribution in [0.1, 0.15) is 30.4 Å². The highest BCUT2D eigenvalue weighted by Crippen LogP contribution is 2.24. The predicted molar refractivity (Wildman–Crippen MR) is 76.6 cm³/mol. The van der Waals surface area contributed by atoms with Crippen molar-refractivity contribution in [1.82, 2.24) is 0 Å². The average molecular weight is 290 g/mol. The molecule has 5 heteroatoms. The fourth-order valence-corrected chi connectivity index (χ4v) is 2.56. The number of aryl methyl sites for hydroxylation is 2. The third-order valence-corrected chi connectivity index (χ3v) is 3.79. The number of rotatable bonds is 5. The van der Waals surface area contributed by atoms with Crippen molar-refractivity contribution in [3.8, 4) is 0 Å². The van der Waals surface area contributed by atoms with Gasteiger partial charge in [-0.2, -0.15) is 0 Å². The lowest BCUT2D eigenvalue weighted by Crippen LogP contribution is -2.40. The zero-order chi connectivity index (χ0) is 15.4. The monoisotopic (exact) mass is 290 g/mol. The molecular weight excluding hydrogens is 270 g/mol. The van der Waals surface area contributed by atoms with Crippen molar-refractivity contribution in [2.24, 2.45) is 5.92 Å². The molecule has 5 nitrogen and oxygen atoms in total. The van der Waals surface area contributed by atoms with Crippen molar-refractivity contribution in [2.75, 3.05) is 11.9 Å². The minimum Gasteiger partial charge on any atom is -0.550 e. The first-order chi connectivity index (χ1) is 9.97. The minimum atomic E-state index is -1.22. The summed E-state index contributed by atoms with van der Waals surface area (Å²) < 4.78 is 5.37. The Balaban J connectivity index is 2.02. The molecule has 1 heterocycles. The van der Waals surface area contributed by atoms with E-state index in [0.29, 0.717) is 18.7 Å². The highest BCUT2D eigenvalue weighted by Gasteiger charge is 2.29. The molecule has 0 spiro atoms. The standard InChI is InChI=1S/C16H21NO4/c1-10-5-6-11(2)13(8-10)17-15(18)9-12(16(19)20)14-4-3-7-21-14/h5-6,8,12,14H,3-4,7,9H2,1-2H3,(H,17,18)(H,19,20)/p-1/t12-,14-/m0/s1. The third kappa shape index (κ3) is 4.04. The van der Waals surface area contributed by atoms with E-state index in [1.807, 2.05) is 32.0 Å². The second kappa shape index (κ2) is 6.72. The number of carbonyl (C=O) groups is 2. The maximum absolute atomic E-state index is 12.1. The fourth-order valence-electron chi connectivity index (χ4n) is 2.56. The molecule has 0 aromatic heterocycles. The number of anilines is 1. The lowest BCUT2D eigenvalue weighted by atomic mass is 9.96. The Bertz CT molecular complexity index is 535. The van der Waals surface area contributed by atoms with Crippen LogP contribution in [0, 0.1) is 19.8 Å². The van der Waals surface area contributed by atoms with E-state index in [1.54, 1.807) is 0 Å². The van der Waals surface area contributed by atoms with Crippen molar-refractivity contribution in [1.29, 1.82) is 0 Å². The van der Waals surface area contributed by atoms with Crippen LogP contribution in [0.4, 0.5) is 5.69 Å². The summed E-state index contributed by atoms with van der Waals surface area (Å²) >= 11 is 0. The lowest BCUT2D eigenvalue weighted by Gasteiger charge is -2.23. The highest BCUT2D eigenvalue weighted by molar-refractivity contribution is 5.93. The van der Waals surface area contributed by atoms with Gasteiger partial charge in [0.25, 0.3) is 0 Å². The largest absolute Gasteiger partial charge is 0.550 e. The Morgan fingerprint density at radius 2 is 2.19 bits per heavy atom. The number of carboxylic acids is 1. The molecule has 1 saturated heterocycles. The molecule has 0 bridgehead atoms. The van der Waals surface area contributed by atoms with Crippen LogP contribution in [0.25, 0.3) is 0 Å². The molecule has 1 aromatic rings. The van der Waals surface area contributed by atoms with Gasteiger partial charge in [-0.3, -0.25) is 4.79 Å². The van der Waals surface area contributed by atoms with Gasteiger partial charge in [0.05, 0.1) is 6.10 Å². The van der Waals surface area contributed by atoms with Gasteiger partial charge in [-0.15, -0.1) is 0 Å². The zero-order valence-corrected chi connectivity index (χ0v) is 12.3. The molecule has 1 aromatic carbocycles. The number of hydrogen-bond donors (Lipinski definition) is 1. The van der Waals surface area contributed by atoms with Crippen molar-refractivity contribution < 1.29 is 19.4 Å². The number of ether oxygens (including phenoxy) is 1. The summed E-state index contributed by atoms with van der Waals surface area (Å²) in [6.07, 6.45) is 0.947. The van der Waals surface area contributed by atoms with E-state index in [-0.39, 0.29) is 12.3 Å². The van der Waals surface area contributed by atoms with E-state index in [0.717, 1.165) is 17.5 Å². The first kappa shape index (κ1) is 15.5. The number of benzene rings is 1. The molecule has 21 heavy (non-hydrogen) atoms. The van der Waals surface area contributed by atoms with Crippen molar-refractivity contribution in [3.63, 3.8) is 0 Å². The molecule has 0 saturated carbocycles. The van der Waals surface area contributed by atoms with Gasteiger partial charge in [0.2, 0.25) is 5.91 Å². The molecule has 1 aliphatic rings. The number of carbonyl (C=O) groups excluding carboxylic acids is 2. The molecule has 1 aliphatic heterocycles. The van der Waals surface area contributed by atoms with E-state index >= 15 is 0 Å². The van der Waals surface area contributed by atoms with Gasteiger partial charge < -0.3 is 20.0 Å². The Morgan fingerprint density at radius 3 is 2.81 bits per heavy atom. The van der Waals surface area contributed by atoms with Crippen LogP contribution < -0.4 is 10.4 Å². The normalized spacial score (nSPS) is 19.2. The van der Waals surface area contributed by atoms with Gasteiger partial charge in [-0.1, -0.05) is 12.1 Å². The first-order valence-corrected chi connectivity index (χ1v) is 7.17. The zero-order valence-electron chi connectivity index (χ0n) is 12.3. The highest BCUT2D eigenvalue weighted by atomic mass is 16.5. The number of nitrogens with one attached hydrogen (secondary N) is 1. The summed E-state index contributed by atoms with van der Waals surface area (Å²) in [7, 11) is 0. The Labute approximate surface area is 124 Å². The lowest BCUT2D eigenvalue weighted by molar-refractivity contribution is -0.314. The molecule has 1 fully saturated rings. The quantitative estimate of drug-likeness (QED) is 0.883. The summed E-state index contributed by atoms with van der Waals surface area (Å²) in [5.41, 5.74) is 2.69. The van der Waals surface area contributed by atoms with Gasteiger partial charge in [0.15, 0.2) is 0 Å². The summed E-state index contributed by atoms with van der Waals surface area (Å²) in [4.78, 5) is 23.3. The van der Waals surface area contributed by atoms with Gasteiger partial charge in [0, 0.05) is 30.6 Å². The molecule has 0 aliphatic carbocycles. The summed E-state index contributed by atoms with van der Waals surface area (Å²) in [5.74, 6) is -2.44. The minimum absolute atomic E-state index is 0.125. The first-order valence-electron chi connectivity index (χ1n) is 7.17. The van der Waals surface area contributed by atoms with Crippen molar-refractivity contribution in [3.05, 3.63) is 29.3 Å². The van der Waals surface area contributed by atoms with Crippen molar-refractivity contribution >= 4 is 17.6 Å². The average Bonchev–Trinajstić information content (AvgIpc) is 2.93. The van der Waals surface area contributed by atoms with Crippen LogP contribution in [0.3, 0.4) is 0 Å². The number of carboxylic acid groups (broad SMARTS) is 1. The van der Waals surface area contributed by atoms with Crippen molar-refractivity contribution in [2.45, 2.75) is 39.2 Å². The molecule has 0 radical (unpaired) electrons. The van der Waals surface area contributed by atoms with Crippen LogP contribution in [0.5, 0.6) is 0 Å². The maximum Gasteiger partial charge on any atom is 0.225 e. The van der Waals surface area contributed by atoms with Gasteiger partial charge in [0.1, 0.15) is 0 Å². The topological polar surface area (TPSA) is 78.5 Å². The number of aliphatic carboxylic acids is 1. The van der Waals surface area contributed by atoms with Crippen LogP contribution in [0.2, 0.25) is 0 Å². The van der Waals surface area contributed by atoms with Crippen LogP contribution in [-0.2, 0) is 14.3 Å². The maximum atomic E-state index is 12.1. The second-order valence-corrected chi connectivity index (χ2v) is 5.55. The summed E-state index contributed by atoms with van der Waals surface area (Å²) in [6, 6.07) is 5.75. The van der Waals surface area contributed by atoms with Crippen LogP contribution >= 0.6 is 0 Å². The smallest absolute Gasteiger partial charge is 0.225 e. The van der Waals surface area contributed by atoms with E-state index in [4.69, 9.17) is 4.74 Å². The SMILES string of the molecule is Cc1ccc(C)c(NC(=O)C[C@H](C(=O)[O-])[C@@H]2CCCO2)c1. The Hall–Kier alpha value is -1.88. The molecule has 1 amide bonds. The molecule has 0 unspecified atom stereocenters. The second-order valence-electron chi connectivity index (χ2n) is 5.55. The predicted octanol–water partition coefficient (Wildman–Crippen LogP) is 1.18. The summed E-state index contributed by atoms with van der Waals surface area (Å²) in [5, 5.41) is 14.0. The van der Waals surface area contributed by atoms with Crippen LogP contribution in [0.15, 0.2) is 18.2 Å². The number of amides is 1. The molecular formula is C16H20NO4-. The molecule has 2 rings (SSSR count). The van der Waals surface area contributed by atoms with E-state index in [1.165, 1.54) is 0 Å². The third-order valence-electron chi connectivity index (χ3n) is 3.79. The van der Waals surface area contributed by atoms with E-state index in [9.17, 15) is 14.7 Å². The fraction of sp³-hybridized carbons (Fsp3) is 0.500. The van der Waals surface area contributed by atoms with E-state index in [2.05, 4.69) is 5.32 Å². The van der Waals surface area contributed by atoms with Gasteiger partial charge in [-0.25, -0.2) is 0 Å². The number of hydrogen-bond acceptors (Lipinski definition) is 4. The Morgan fingerprint density at radius 1 is 1.43 bits per heavy atom. The molecule has 2 atom stereocenters. The molecule has 1 N–H and O–H groups in total. The van der Waals surface area contributed by atoms with Crippen LogP contribution in [-0.4, -0.2) is 24.6 Å².